The second kappa shape index (κ2) is 7.01. The van der Waals surface area contributed by atoms with Crippen LogP contribution in [0, 0.1) is 0 Å². The number of nitrogens with zero attached hydrogens (tertiary/aromatic N) is 3. The van der Waals surface area contributed by atoms with Crippen molar-refractivity contribution in [3.63, 3.8) is 0 Å². The van der Waals surface area contributed by atoms with Gasteiger partial charge in [-0.3, -0.25) is 14.7 Å². The first-order valence-corrected chi connectivity index (χ1v) is 9.87. The Morgan fingerprint density at radius 3 is 2.96 bits per heavy atom. The molecule has 6 heteroatoms. The Morgan fingerprint density at radius 2 is 2.12 bits per heavy atom. The topological polar surface area (TPSA) is 36.4 Å². The van der Waals surface area contributed by atoms with Gasteiger partial charge in [0, 0.05) is 54.5 Å². The molecule has 0 atom stereocenters. The smallest absolute Gasteiger partial charge is 0.264 e. The number of aromatic nitrogens is 1. The molecule has 3 aromatic heterocycles. The molecule has 0 radical (unpaired) electrons. The predicted molar refractivity (Wildman–Crippen MR) is 99.7 cm³/mol. The molecule has 1 aliphatic heterocycles. The summed E-state index contributed by atoms with van der Waals surface area (Å²) in [7, 11) is 0. The molecule has 1 fully saturated rings. The van der Waals surface area contributed by atoms with Gasteiger partial charge in [0.05, 0.1) is 4.88 Å². The SMILES string of the molecule is O=C(c1cc2sccc2s1)N1CCCN(Cc2cccnc2)CC1. The molecule has 3 aromatic rings. The van der Waals surface area contributed by atoms with Crippen molar-refractivity contribution >= 4 is 38.0 Å². The summed E-state index contributed by atoms with van der Waals surface area (Å²) in [5.74, 6) is 0.187. The van der Waals surface area contributed by atoms with Crippen LogP contribution in [0.5, 0.6) is 0 Å². The minimum Gasteiger partial charge on any atom is -0.337 e. The highest BCUT2D eigenvalue weighted by Gasteiger charge is 2.22. The van der Waals surface area contributed by atoms with Gasteiger partial charge in [-0.15, -0.1) is 22.7 Å². The third-order valence-corrected chi connectivity index (χ3v) is 6.44. The Labute approximate surface area is 149 Å². The maximum absolute atomic E-state index is 12.8. The van der Waals surface area contributed by atoms with Crippen molar-refractivity contribution in [2.45, 2.75) is 13.0 Å². The fourth-order valence-corrected chi connectivity index (χ4v) is 5.19. The molecule has 4 rings (SSSR count). The summed E-state index contributed by atoms with van der Waals surface area (Å²) in [6.07, 6.45) is 4.75. The molecule has 0 unspecified atom stereocenters. The fourth-order valence-electron chi connectivity index (χ4n) is 3.11. The van der Waals surface area contributed by atoms with E-state index in [0.717, 1.165) is 44.0 Å². The summed E-state index contributed by atoms with van der Waals surface area (Å²) in [5, 5.41) is 2.08. The number of hydrogen-bond donors (Lipinski definition) is 0. The number of carbonyl (C=O) groups excluding carboxylic acids is 1. The quantitative estimate of drug-likeness (QED) is 0.717. The molecule has 4 heterocycles. The molecule has 4 nitrogen and oxygen atoms in total. The van der Waals surface area contributed by atoms with E-state index in [0.29, 0.717) is 0 Å². The highest BCUT2D eigenvalue weighted by Crippen LogP contribution is 2.30. The lowest BCUT2D eigenvalue weighted by Crippen LogP contribution is -2.34. The van der Waals surface area contributed by atoms with Crippen LogP contribution in [0.3, 0.4) is 0 Å². The van der Waals surface area contributed by atoms with E-state index >= 15 is 0 Å². The minimum atomic E-state index is 0.187. The van der Waals surface area contributed by atoms with Gasteiger partial charge < -0.3 is 4.90 Å². The number of carbonyl (C=O) groups is 1. The maximum Gasteiger partial charge on any atom is 0.264 e. The molecule has 24 heavy (non-hydrogen) atoms. The summed E-state index contributed by atoms with van der Waals surface area (Å²) in [4.78, 5) is 22.3. The Balaban J connectivity index is 1.40. The van der Waals surface area contributed by atoms with Crippen LogP contribution in [0.1, 0.15) is 21.7 Å². The summed E-state index contributed by atoms with van der Waals surface area (Å²) in [6.45, 7) is 4.49. The molecule has 0 aliphatic carbocycles. The van der Waals surface area contributed by atoms with Crippen LogP contribution >= 0.6 is 22.7 Å². The van der Waals surface area contributed by atoms with Gasteiger partial charge >= 0.3 is 0 Å². The molecular weight excluding hydrogens is 338 g/mol. The molecule has 0 aromatic carbocycles. The fraction of sp³-hybridized carbons (Fsp3) is 0.333. The number of thiophene rings is 2. The van der Waals surface area contributed by atoms with Crippen molar-refractivity contribution in [2.75, 3.05) is 26.2 Å². The summed E-state index contributed by atoms with van der Waals surface area (Å²) in [5.41, 5.74) is 1.23. The molecule has 1 aliphatic rings. The van der Waals surface area contributed by atoms with Crippen molar-refractivity contribution in [3.8, 4) is 0 Å². The van der Waals surface area contributed by atoms with Gasteiger partial charge in [0.15, 0.2) is 0 Å². The lowest BCUT2D eigenvalue weighted by Gasteiger charge is -2.21. The Morgan fingerprint density at radius 1 is 1.17 bits per heavy atom. The second-order valence-electron chi connectivity index (χ2n) is 6.04. The van der Waals surface area contributed by atoms with Crippen LogP contribution < -0.4 is 0 Å². The van der Waals surface area contributed by atoms with Crippen LogP contribution in [0.2, 0.25) is 0 Å². The Hall–Kier alpha value is -1.76. The zero-order chi connectivity index (χ0) is 16.4. The number of hydrogen-bond acceptors (Lipinski definition) is 5. The zero-order valence-electron chi connectivity index (χ0n) is 13.4. The number of amides is 1. The summed E-state index contributed by atoms with van der Waals surface area (Å²) < 4.78 is 2.44. The van der Waals surface area contributed by atoms with E-state index in [-0.39, 0.29) is 5.91 Å². The van der Waals surface area contributed by atoms with Gasteiger partial charge in [0.1, 0.15) is 0 Å². The summed E-state index contributed by atoms with van der Waals surface area (Å²) >= 11 is 3.32. The standard InChI is InChI=1S/C18H19N3OS2/c22-18(17-11-16-15(24-17)4-10-23-16)21-7-2-6-20(8-9-21)13-14-3-1-5-19-12-14/h1,3-5,10-12H,2,6-9,13H2. The first-order chi connectivity index (χ1) is 11.8. The van der Waals surface area contributed by atoms with E-state index in [9.17, 15) is 4.79 Å². The van der Waals surface area contributed by atoms with E-state index in [1.807, 2.05) is 23.2 Å². The van der Waals surface area contributed by atoms with Gasteiger partial charge in [0.2, 0.25) is 0 Å². The van der Waals surface area contributed by atoms with Crippen LogP contribution in [0.25, 0.3) is 9.40 Å². The van der Waals surface area contributed by atoms with E-state index < -0.39 is 0 Å². The normalized spacial score (nSPS) is 16.4. The molecule has 124 valence electrons. The summed E-state index contributed by atoms with van der Waals surface area (Å²) in [6, 6.07) is 8.23. The second-order valence-corrected chi connectivity index (χ2v) is 8.07. The first kappa shape index (κ1) is 15.7. The van der Waals surface area contributed by atoms with E-state index in [1.165, 1.54) is 15.0 Å². The third kappa shape index (κ3) is 3.36. The molecule has 0 spiro atoms. The molecule has 1 amide bonds. The van der Waals surface area contributed by atoms with E-state index in [1.54, 1.807) is 28.9 Å². The van der Waals surface area contributed by atoms with Gasteiger partial charge in [0.25, 0.3) is 5.91 Å². The minimum absolute atomic E-state index is 0.187. The molecular formula is C18H19N3OS2. The zero-order valence-corrected chi connectivity index (χ0v) is 15.0. The van der Waals surface area contributed by atoms with Crippen molar-refractivity contribution in [1.29, 1.82) is 0 Å². The van der Waals surface area contributed by atoms with Gasteiger partial charge in [-0.25, -0.2) is 0 Å². The van der Waals surface area contributed by atoms with Gasteiger partial charge in [-0.2, -0.15) is 0 Å². The van der Waals surface area contributed by atoms with Gasteiger partial charge in [-0.1, -0.05) is 6.07 Å². The Kier molecular flexibility index (Phi) is 4.60. The van der Waals surface area contributed by atoms with Gasteiger partial charge in [-0.05, 0) is 35.6 Å². The molecule has 1 saturated heterocycles. The monoisotopic (exact) mass is 357 g/mol. The van der Waals surface area contributed by atoms with Crippen molar-refractivity contribution < 1.29 is 4.79 Å². The van der Waals surface area contributed by atoms with Crippen LogP contribution in [0.4, 0.5) is 0 Å². The highest BCUT2D eigenvalue weighted by atomic mass is 32.1. The average Bonchev–Trinajstić information content (AvgIpc) is 3.12. The van der Waals surface area contributed by atoms with E-state index in [4.69, 9.17) is 0 Å². The molecule has 0 bridgehead atoms. The van der Waals surface area contributed by atoms with E-state index in [2.05, 4.69) is 27.4 Å². The predicted octanol–water partition coefficient (Wildman–Crippen LogP) is 3.71. The molecule has 0 saturated carbocycles. The number of rotatable bonds is 3. The Bertz CT molecular complexity index is 799. The highest BCUT2D eigenvalue weighted by molar-refractivity contribution is 7.27. The maximum atomic E-state index is 12.8. The number of pyridine rings is 1. The third-order valence-electron chi connectivity index (χ3n) is 4.35. The van der Waals surface area contributed by atoms with Crippen LogP contribution in [-0.4, -0.2) is 46.9 Å². The lowest BCUT2D eigenvalue weighted by molar-refractivity contribution is 0.0766. The lowest BCUT2D eigenvalue weighted by atomic mass is 10.2. The van der Waals surface area contributed by atoms with Crippen LogP contribution in [-0.2, 0) is 6.54 Å². The molecule has 0 N–H and O–H groups in total. The van der Waals surface area contributed by atoms with Crippen molar-refractivity contribution in [2.24, 2.45) is 0 Å². The van der Waals surface area contributed by atoms with Crippen molar-refractivity contribution in [3.05, 3.63) is 52.5 Å². The largest absolute Gasteiger partial charge is 0.337 e. The van der Waals surface area contributed by atoms with Crippen molar-refractivity contribution in [1.82, 2.24) is 14.8 Å². The average molecular weight is 358 g/mol. The number of fused-ring (bicyclic) bond motifs is 1. The van der Waals surface area contributed by atoms with Crippen LogP contribution in [0.15, 0.2) is 42.0 Å². The first-order valence-electron chi connectivity index (χ1n) is 8.17.